The number of halogens is 2. The number of hydrogen-bond donors (Lipinski definition) is 0. The molecular formula is C22H25Cl2N3O6. The number of benzene rings is 2. The number of azo groups is 1. The van der Waals surface area contributed by atoms with Gasteiger partial charge in [0, 0.05) is 30.0 Å². The maximum absolute atomic E-state index is 13.1. The summed E-state index contributed by atoms with van der Waals surface area (Å²) < 4.78 is 22.2. The Balaban J connectivity index is 2.41. The molecule has 0 saturated heterocycles. The second-order valence-corrected chi connectivity index (χ2v) is 7.23. The molecule has 0 aliphatic carbocycles. The Hall–Kier alpha value is -3.04. The second kappa shape index (κ2) is 12.3. The number of Topliss-reactive ketones (excluding diaryl/α,β-unsaturated/α-hetero) is 1. The number of carbonyl (C=O) groups is 2. The molecule has 0 saturated carbocycles. The maximum atomic E-state index is 13.1. The third-order valence-electron chi connectivity index (χ3n) is 4.28. The van der Waals surface area contributed by atoms with Crippen molar-refractivity contribution >= 4 is 46.4 Å². The van der Waals surface area contributed by atoms with Gasteiger partial charge in [0.25, 0.3) is 5.91 Å². The van der Waals surface area contributed by atoms with Crippen molar-refractivity contribution in [2.75, 3.05) is 31.9 Å². The summed E-state index contributed by atoms with van der Waals surface area (Å²) in [6, 6.07) is 6.41. The van der Waals surface area contributed by atoms with Gasteiger partial charge in [-0.05, 0) is 32.9 Å². The molecule has 33 heavy (non-hydrogen) atoms. The van der Waals surface area contributed by atoms with Crippen molar-refractivity contribution in [3.8, 4) is 23.0 Å². The van der Waals surface area contributed by atoms with Crippen LogP contribution in [0.3, 0.4) is 0 Å². The number of anilines is 1. The first-order valence-corrected chi connectivity index (χ1v) is 10.7. The van der Waals surface area contributed by atoms with Crippen LogP contribution in [-0.2, 0) is 9.59 Å². The molecule has 2 aromatic carbocycles. The van der Waals surface area contributed by atoms with Crippen LogP contribution in [0.4, 0.5) is 11.4 Å². The molecule has 178 valence electrons. The van der Waals surface area contributed by atoms with Crippen LogP contribution in [-0.4, -0.2) is 45.2 Å². The minimum Gasteiger partial charge on any atom is -0.495 e. The Kier molecular flexibility index (Phi) is 9.74. The molecule has 0 spiro atoms. The number of methoxy groups -OCH3 is 2. The number of amides is 1. The van der Waals surface area contributed by atoms with Crippen LogP contribution in [0.15, 0.2) is 40.6 Å². The van der Waals surface area contributed by atoms with E-state index in [0.717, 1.165) is 4.42 Å². The van der Waals surface area contributed by atoms with Crippen LogP contribution >= 0.6 is 23.4 Å². The Morgan fingerprint density at radius 1 is 1.00 bits per heavy atom. The number of rotatable bonds is 11. The van der Waals surface area contributed by atoms with E-state index in [9.17, 15) is 9.59 Å². The highest BCUT2D eigenvalue weighted by Crippen LogP contribution is 2.42. The van der Waals surface area contributed by atoms with Gasteiger partial charge < -0.3 is 18.9 Å². The monoisotopic (exact) mass is 497 g/mol. The first-order chi connectivity index (χ1) is 15.8. The first-order valence-electron chi connectivity index (χ1n) is 9.99. The van der Waals surface area contributed by atoms with E-state index >= 15 is 0 Å². The molecule has 0 aliphatic heterocycles. The normalized spacial score (nSPS) is 11.7. The Morgan fingerprint density at radius 3 is 2.03 bits per heavy atom. The lowest BCUT2D eigenvalue weighted by Gasteiger charge is -2.19. The van der Waals surface area contributed by atoms with Gasteiger partial charge in [-0.2, -0.15) is 5.11 Å². The summed E-state index contributed by atoms with van der Waals surface area (Å²) >= 11 is 12.6. The fourth-order valence-electron chi connectivity index (χ4n) is 2.77. The van der Waals surface area contributed by atoms with E-state index in [4.69, 9.17) is 42.3 Å². The molecule has 0 radical (unpaired) electrons. The predicted octanol–water partition coefficient (Wildman–Crippen LogP) is 5.38. The summed E-state index contributed by atoms with van der Waals surface area (Å²) in [4.78, 5) is 25.3. The highest BCUT2D eigenvalue weighted by atomic mass is 35.5. The fourth-order valence-corrected chi connectivity index (χ4v) is 3.23. The van der Waals surface area contributed by atoms with Gasteiger partial charge in [0.2, 0.25) is 6.04 Å². The molecule has 0 aromatic heterocycles. The molecule has 9 nitrogen and oxygen atoms in total. The smallest absolute Gasteiger partial charge is 0.276 e. The van der Waals surface area contributed by atoms with E-state index in [1.807, 2.05) is 13.8 Å². The van der Waals surface area contributed by atoms with Crippen molar-refractivity contribution in [2.24, 2.45) is 10.2 Å². The Bertz CT molecular complexity index is 1010. The fraction of sp³-hybridized carbons (Fsp3) is 0.364. The van der Waals surface area contributed by atoms with Gasteiger partial charge in [-0.1, -0.05) is 11.6 Å². The van der Waals surface area contributed by atoms with Crippen molar-refractivity contribution < 1.29 is 28.5 Å². The lowest BCUT2D eigenvalue weighted by molar-refractivity contribution is -0.126. The van der Waals surface area contributed by atoms with Gasteiger partial charge in [-0.15, -0.1) is 5.11 Å². The van der Waals surface area contributed by atoms with Crippen LogP contribution in [0.2, 0.25) is 5.02 Å². The summed E-state index contributed by atoms with van der Waals surface area (Å²) in [6.07, 6.45) is 0. The molecule has 2 rings (SSSR count). The summed E-state index contributed by atoms with van der Waals surface area (Å²) in [5.74, 6) is 0.122. The van der Waals surface area contributed by atoms with Crippen LogP contribution in [0.1, 0.15) is 20.8 Å². The minimum absolute atomic E-state index is 0.107. The quantitative estimate of drug-likeness (QED) is 0.234. The van der Waals surface area contributed by atoms with Gasteiger partial charge in [0.1, 0.15) is 33.7 Å². The standard InChI is InChI=1S/C22H25Cl2N3O6/c1-6-32-15-10-14(11-16(12-15)33-7-2)27(24)22(29)20(13(3)28)25-26-21-18(31-5)9-8-17(30-4)19(21)23/h8-12,20H,6-7H2,1-5H3. The maximum Gasteiger partial charge on any atom is 0.276 e. The Morgan fingerprint density at radius 2 is 1.55 bits per heavy atom. The highest BCUT2D eigenvalue weighted by Gasteiger charge is 2.30. The summed E-state index contributed by atoms with van der Waals surface area (Å²) in [6.45, 7) is 5.65. The zero-order valence-corrected chi connectivity index (χ0v) is 20.4. The van der Waals surface area contributed by atoms with Crippen LogP contribution < -0.4 is 23.4 Å². The number of carbonyl (C=O) groups excluding carboxylic acids is 2. The largest absolute Gasteiger partial charge is 0.495 e. The number of nitrogens with zero attached hydrogens (tertiary/aromatic N) is 3. The molecule has 0 fully saturated rings. The van der Waals surface area contributed by atoms with E-state index in [0.29, 0.717) is 30.5 Å². The van der Waals surface area contributed by atoms with E-state index in [2.05, 4.69) is 10.2 Å². The van der Waals surface area contributed by atoms with Crippen LogP contribution in [0.5, 0.6) is 23.0 Å². The zero-order chi connectivity index (χ0) is 24.5. The molecule has 1 amide bonds. The molecule has 0 aliphatic rings. The number of ether oxygens (including phenoxy) is 4. The second-order valence-electron chi connectivity index (χ2n) is 6.51. The molecule has 11 heteroatoms. The van der Waals surface area contributed by atoms with Crippen molar-refractivity contribution in [1.29, 1.82) is 0 Å². The molecule has 0 N–H and O–H groups in total. The van der Waals surface area contributed by atoms with Crippen molar-refractivity contribution in [2.45, 2.75) is 26.8 Å². The Labute approximate surface area is 202 Å². The molecule has 0 bridgehead atoms. The average molecular weight is 498 g/mol. The van der Waals surface area contributed by atoms with Gasteiger partial charge in [0.05, 0.1) is 33.1 Å². The topological polar surface area (TPSA) is 99.0 Å². The SMILES string of the molecule is CCOc1cc(OCC)cc(N(Cl)C(=O)C(N=Nc2c(OC)ccc(OC)c2Cl)C(C)=O)c1. The third-order valence-corrected chi connectivity index (χ3v) is 5.01. The minimum atomic E-state index is -1.53. The molecule has 1 atom stereocenters. The lowest BCUT2D eigenvalue weighted by atomic mass is 10.2. The summed E-state index contributed by atoms with van der Waals surface area (Å²) in [5, 5.41) is 8.04. The van der Waals surface area contributed by atoms with Crippen molar-refractivity contribution in [1.82, 2.24) is 0 Å². The molecule has 1 unspecified atom stereocenters. The number of ketones is 1. The van der Waals surface area contributed by atoms with Gasteiger partial charge in [0.15, 0.2) is 5.78 Å². The third kappa shape index (κ3) is 6.49. The van der Waals surface area contributed by atoms with Gasteiger partial charge in [-0.25, -0.2) is 4.42 Å². The zero-order valence-electron chi connectivity index (χ0n) is 18.9. The highest BCUT2D eigenvalue weighted by molar-refractivity contribution is 6.39. The van der Waals surface area contributed by atoms with E-state index in [1.165, 1.54) is 21.1 Å². The van der Waals surface area contributed by atoms with E-state index in [1.54, 1.807) is 30.3 Å². The average Bonchev–Trinajstić information content (AvgIpc) is 2.79. The van der Waals surface area contributed by atoms with Crippen LogP contribution in [0.25, 0.3) is 0 Å². The van der Waals surface area contributed by atoms with Gasteiger partial charge in [-0.3, -0.25) is 9.59 Å². The predicted molar refractivity (Wildman–Crippen MR) is 126 cm³/mol. The lowest BCUT2D eigenvalue weighted by Crippen LogP contribution is -2.36. The molecular weight excluding hydrogens is 473 g/mol. The van der Waals surface area contributed by atoms with Crippen LogP contribution in [0, 0.1) is 0 Å². The van der Waals surface area contributed by atoms with E-state index < -0.39 is 17.7 Å². The molecule has 2 aromatic rings. The van der Waals surface area contributed by atoms with Gasteiger partial charge >= 0.3 is 0 Å². The van der Waals surface area contributed by atoms with E-state index in [-0.39, 0.29) is 22.1 Å². The summed E-state index contributed by atoms with van der Waals surface area (Å²) in [7, 11) is 2.86. The summed E-state index contributed by atoms with van der Waals surface area (Å²) in [5.41, 5.74) is 0.352. The number of hydrogen-bond acceptors (Lipinski definition) is 8. The first kappa shape index (κ1) is 26.2. The van der Waals surface area contributed by atoms with Crippen molar-refractivity contribution in [3.05, 3.63) is 35.4 Å². The molecule has 0 heterocycles. The van der Waals surface area contributed by atoms with Crippen molar-refractivity contribution in [3.63, 3.8) is 0 Å².